The molecule has 5 rings (SSSR count). The van der Waals surface area contributed by atoms with E-state index in [4.69, 9.17) is 25.8 Å². The maximum atomic E-state index is 15.5. The van der Waals surface area contributed by atoms with Crippen LogP contribution in [0.4, 0.5) is 4.39 Å². The highest BCUT2D eigenvalue weighted by Crippen LogP contribution is 2.43. The SMILES string of the molecule is CCOC(=O)CC1CCN(C(=O)CC2OC(c3cccc(OC)c3F)c3cc(Cl)ccc3-n3cccc32)CC1. The predicted octanol–water partition coefficient (Wildman–Crippen LogP) is 6.02. The number of amides is 1. The van der Waals surface area contributed by atoms with Gasteiger partial charge in [-0.2, -0.15) is 0 Å². The molecule has 39 heavy (non-hydrogen) atoms. The number of aromatic nitrogens is 1. The van der Waals surface area contributed by atoms with Gasteiger partial charge in [-0.05, 0) is 62.1 Å². The van der Waals surface area contributed by atoms with Gasteiger partial charge in [-0.3, -0.25) is 9.59 Å². The summed E-state index contributed by atoms with van der Waals surface area (Å²) in [5.41, 5.74) is 2.61. The molecule has 2 atom stereocenters. The molecule has 206 valence electrons. The molecule has 0 bridgehead atoms. The van der Waals surface area contributed by atoms with Crippen molar-refractivity contribution in [1.29, 1.82) is 0 Å². The molecule has 3 heterocycles. The molecule has 1 fully saturated rings. The highest BCUT2D eigenvalue weighted by molar-refractivity contribution is 6.30. The molecule has 1 aromatic heterocycles. The average molecular weight is 555 g/mol. The van der Waals surface area contributed by atoms with Crippen LogP contribution >= 0.6 is 11.6 Å². The summed E-state index contributed by atoms with van der Waals surface area (Å²) in [4.78, 5) is 27.2. The van der Waals surface area contributed by atoms with Gasteiger partial charge in [0.2, 0.25) is 5.91 Å². The third-order valence-electron chi connectivity index (χ3n) is 7.53. The molecular weight excluding hydrogens is 523 g/mol. The average Bonchev–Trinajstić information content (AvgIpc) is 3.37. The highest BCUT2D eigenvalue weighted by atomic mass is 35.5. The Balaban J connectivity index is 1.41. The molecule has 0 N–H and O–H groups in total. The number of piperidine rings is 1. The van der Waals surface area contributed by atoms with Crippen molar-refractivity contribution in [3.63, 3.8) is 0 Å². The number of esters is 1. The number of halogens is 2. The van der Waals surface area contributed by atoms with Gasteiger partial charge in [0.1, 0.15) is 12.2 Å². The topological polar surface area (TPSA) is 70.0 Å². The smallest absolute Gasteiger partial charge is 0.306 e. The number of hydrogen-bond acceptors (Lipinski definition) is 5. The summed E-state index contributed by atoms with van der Waals surface area (Å²) in [7, 11) is 1.42. The van der Waals surface area contributed by atoms with Crippen LogP contribution in [0.3, 0.4) is 0 Å². The summed E-state index contributed by atoms with van der Waals surface area (Å²) in [6.07, 6.45) is 2.42. The molecule has 0 saturated carbocycles. The van der Waals surface area contributed by atoms with Crippen LogP contribution in [0.5, 0.6) is 5.75 Å². The predicted molar refractivity (Wildman–Crippen MR) is 145 cm³/mol. The summed E-state index contributed by atoms with van der Waals surface area (Å²) in [6, 6.07) is 14.2. The van der Waals surface area contributed by atoms with Crippen molar-refractivity contribution in [2.75, 3.05) is 26.8 Å². The van der Waals surface area contributed by atoms with Crippen LogP contribution in [0.2, 0.25) is 5.02 Å². The number of fused-ring (bicyclic) bond motifs is 3. The Kier molecular flexibility index (Phi) is 8.23. The third-order valence-corrected chi connectivity index (χ3v) is 7.76. The number of carbonyl (C=O) groups is 2. The van der Waals surface area contributed by atoms with Crippen LogP contribution < -0.4 is 4.74 Å². The van der Waals surface area contributed by atoms with E-state index in [1.165, 1.54) is 7.11 Å². The Morgan fingerprint density at radius 3 is 2.62 bits per heavy atom. The van der Waals surface area contributed by atoms with Crippen LogP contribution in [-0.4, -0.2) is 48.1 Å². The van der Waals surface area contributed by atoms with E-state index in [0.29, 0.717) is 42.3 Å². The Labute approximate surface area is 232 Å². The van der Waals surface area contributed by atoms with Crippen molar-refractivity contribution >= 4 is 23.5 Å². The quantitative estimate of drug-likeness (QED) is 0.334. The summed E-state index contributed by atoms with van der Waals surface area (Å²) < 4.78 is 34.5. The molecule has 1 saturated heterocycles. The number of benzene rings is 2. The second kappa shape index (κ2) is 11.8. The van der Waals surface area contributed by atoms with Gasteiger partial charge in [-0.25, -0.2) is 4.39 Å². The lowest BCUT2D eigenvalue weighted by atomic mass is 9.93. The van der Waals surface area contributed by atoms with E-state index in [1.54, 1.807) is 37.3 Å². The first-order valence-corrected chi connectivity index (χ1v) is 13.7. The van der Waals surface area contributed by atoms with Crippen molar-refractivity contribution in [2.45, 2.75) is 44.8 Å². The fraction of sp³-hybridized carbons (Fsp3) is 0.400. The molecule has 7 nitrogen and oxygen atoms in total. The van der Waals surface area contributed by atoms with E-state index >= 15 is 4.39 Å². The Morgan fingerprint density at radius 1 is 1.08 bits per heavy atom. The fourth-order valence-corrected chi connectivity index (χ4v) is 5.73. The molecule has 2 aromatic carbocycles. The summed E-state index contributed by atoms with van der Waals surface area (Å²) >= 11 is 6.39. The molecule has 0 radical (unpaired) electrons. The summed E-state index contributed by atoms with van der Waals surface area (Å²) in [5.74, 6) is -0.432. The van der Waals surface area contributed by atoms with Gasteiger partial charge < -0.3 is 23.7 Å². The zero-order chi connectivity index (χ0) is 27.5. The lowest BCUT2D eigenvalue weighted by Crippen LogP contribution is -2.39. The van der Waals surface area contributed by atoms with Gasteiger partial charge in [0, 0.05) is 41.9 Å². The van der Waals surface area contributed by atoms with Gasteiger partial charge in [0.15, 0.2) is 11.6 Å². The molecular formula is C30H32ClFN2O5. The fourth-order valence-electron chi connectivity index (χ4n) is 5.55. The molecule has 3 aromatic rings. The van der Waals surface area contributed by atoms with Gasteiger partial charge in [0.05, 0.1) is 31.5 Å². The van der Waals surface area contributed by atoms with E-state index in [9.17, 15) is 9.59 Å². The van der Waals surface area contributed by atoms with E-state index in [0.717, 1.165) is 24.2 Å². The van der Waals surface area contributed by atoms with Crippen LogP contribution in [0, 0.1) is 11.7 Å². The van der Waals surface area contributed by atoms with Gasteiger partial charge in [0.25, 0.3) is 0 Å². The minimum atomic E-state index is -0.818. The number of carbonyl (C=O) groups excluding carboxylic acids is 2. The van der Waals surface area contributed by atoms with Gasteiger partial charge in [-0.1, -0.05) is 23.7 Å². The monoisotopic (exact) mass is 554 g/mol. The first-order chi connectivity index (χ1) is 18.9. The standard InChI is InChI=1S/C30H32ClFN2O5/c1-3-38-28(36)16-19-11-14-33(15-12-19)27(35)18-26-24-7-5-13-34(24)23-10-9-20(31)17-22(23)30(39-26)21-6-4-8-25(37-2)29(21)32/h4-10,13,17,19,26,30H,3,11-12,14-16,18H2,1-2H3. The normalized spacial score (nSPS) is 19.1. The minimum absolute atomic E-state index is 0.0452. The minimum Gasteiger partial charge on any atom is -0.494 e. The van der Waals surface area contributed by atoms with E-state index in [1.807, 2.05) is 33.9 Å². The number of hydrogen-bond donors (Lipinski definition) is 0. The second-order valence-corrected chi connectivity index (χ2v) is 10.3. The van der Waals surface area contributed by atoms with E-state index in [2.05, 4.69) is 0 Å². The number of likely N-dealkylation sites (tertiary alicyclic amines) is 1. The van der Waals surface area contributed by atoms with Crippen LogP contribution in [0.25, 0.3) is 5.69 Å². The molecule has 2 aliphatic heterocycles. The van der Waals surface area contributed by atoms with Crippen LogP contribution in [-0.2, 0) is 19.1 Å². The number of nitrogens with zero attached hydrogens (tertiary/aromatic N) is 2. The molecule has 9 heteroatoms. The largest absolute Gasteiger partial charge is 0.494 e. The number of ether oxygens (including phenoxy) is 3. The zero-order valence-corrected chi connectivity index (χ0v) is 22.8. The van der Waals surface area contributed by atoms with Gasteiger partial charge in [-0.15, -0.1) is 0 Å². The first-order valence-electron chi connectivity index (χ1n) is 13.3. The van der Waals surface area contributed by atoms with Crippen molar-refractivity contribution in [1.82, 2.24) is 9.47 Å². The Bertz CT molecular complexity index is 1350. The van der Waals surface area contributed by atoms with Crippen LogP contribution in [0.1, 0.15) is 61.6 Å². The van der Waals surface area contributed by atoms with Crippen molar-refractivity contribution < 1.29 is 28.2 Å². The van der Waals surface area contributed by atoms with Crippen molar-refractivity contribution in [3.8, 4) is 11.4 Å². The second-order valence-electron chi connectivity index (χ2n) is 9.91. The van der Waals surface area contributed by atoms with Crippen molar-refractivity contribution in [2.24, 2.45) is 5.92 Å². The van der Waals surface area contributed by atoms with E-state index < -0.39 is 18.0 Å². The molecule has 0 spiro atoms. The Morgan fingerprint density at radius 2 is 1.87 bits per heavy atom. The molecule has 1 amide bonds. The number of rotatable bonds is 7. The lowest BCUT2D eigenvalue weighted by Gasteiger charge is -2.33. The maximum absolute atomic E-state index is 15.5. The maximum Gasteiger partial charge on any atom is 0.306 e. The highest BCUT2D eigenvalue weighted by Gasteiger charge is 2.35. The van der Waals surface area contributed by atoms with Gasteiger partial charge >= 0.3 is 5.97 Å². The first kappa shape index (κ1) is 27.2. The molecule has 2 aliphatic rings. The van der Waals surface area contributed by atoms with Crippen molar-refractivity contribution in [3.05, 3.63) is 82.4 Å². The molecule has 2 unspecified atom stereocenters. The number of methoxy groups -OCH3 is 1. The molecule has 0 aliphatic carbocycles. The van der Waals surface area contributed by atoms with Crippen LogP contribution in [0.15, 0.2) is 54.7 Å². The summed E-state index contributed by atoms with van der Waals surface area (Å²) in [5, 5.41) is 0.500. The zero-order valence-electron chi connectivity index (χ0n) is 22.1. The lowest BCUT2D eigenvalue weighted by molar-refractivity contribution is -0.144. The summed E-state index contributed by atoms with van der Waals surface area (Å²) in [6.45, 7) is 3.31. The van der Waals surface area contributed by atoms with E-state index in [-0.39, 0.29) is 30.0 Å². The Hall–Kier alpha value is -3.36. The third kappa shape index (κ3) is 5.68.